The Bertz CT molecular complexity index is 724. The van der Waals surface area contributed by atoms with E-state index >= 15 is 0 Å². The van der Waals surface area contributed by atoms with E-state index in [-0.39, 0.29) is 5.92 Å². The third kappa shape index (κ3) is 2.36. The quantitative estimate of drug-likeness (QED) is 0.922. The van der Waals surface area contributed by atoms with Crippen molar-refractivity contribution < 1.29 is 14.6 Å². The van der Waals surface area contributed by atoms with E-state index in [1.165, 1.54) is 0 Å². The zero-order valence-electron chi connectivity index (χ0n) is 12.4. The third-order valence-corrected chi connectivity index (χ3v) is 4.36. The van der Waals surface area contributed by atoms with E-state index in [1.54, 1.807) is 14.2 Å². The molecule has 0 heterocycles. The second-order valence-electron chi connectivity index (χ2n) is 5.15. The fourth-order valence-corrected chi connectivity index (χ4v) is 3.19. The molecule has 22 heavy (non-hydrogen) atoms. The summed E-state index contributed by atoms with van der Waals surface area (Å²) < 4.78 is 10.8. The van der Waals surface area contributed by atoms with Crippen LogP contribution < -0.4 is 9.47 Å². The van der Waals surface area contributed by atoms with E-state index in [4.69, 9.17) is 21.1 Å². The molecule has 1 N–H and O–H groups in total. The Labute approximate surface area is 134 Å². The van der Waals surface area contributed by atoms with Crippen molar-refractivity contribution in [3.8, 4) is 11.5 Å². The molecular weight excluding hydrogens is 300 g/mol. The van der Waals surface area contributed by atoms with Gasteiger partial charge in [0, 0.05) is 22.1 Å². The Hall–Kier alpha value is -1.97. The number of hydrogen-bond donors (Lipinski definition) is 1. The lowest BCUT2D eigenvalue weighted by atomic mass is 9.82. The molecule has 0 radical (unpaired) electrons. The molecule has 0 saturated heterocycles. The first kappa shape index (κ1) is 14.9. The smallest absolute Gasteiger partial charge is 0.126 e. The molecule has 3 rings (SSSR count). The van der Waals surface area contributed by atoms with Gasteiger partial charge in [-0.15, -0.1) is 0 Å². The molecule has 3 nitrogen and oxygen atoms in total. The Morgan fingerprint density at radius 2 is 1.68 bits per heavy atom. The molecular formula is C18H17ClO3. The van der Waals surface area contributed by atoms with Crippen LogP contribution in [0.3, 0.4) is 0 Å². The lowest BCUT2D eigenvalue weighted by molar-refractivity contribution is 0.155. The predicted octanol–water partition coefficient (Wildman–Crippen LogP) is 4.20. The molecule has 0 aromatic heterocycles. The summed E-state index contributed by atoms with van der Waals surface area (Å²) in [4.78, 5) is 0. The first-order chi connectivity index (χ1) is 10.7. The van der Waals surface area contributed by atoms with Gasteiger partial charge in [0.15, 0.2) is 0 Å². The number of halogens is 1. The van der Waals surface area contributed by atoms with Gasteiger partial charge < -0.3 is 14.6 Å². The second-order valence-corrected chi connectivity index (χ2v) is 5.56. The molecule has 0 unspecified atom stereocenters. The van der Waals surface area contributed by atoms with Crippen molar-refractivity contribution in [1.29, 1.82) is 0 Å². The summed E-state index contributed by atoms with van der Waals surface area (Å²) in [5.74, 6) is 1.13. The summed E-state index contributed by atoms with van der Waals surface area (Å²) in [6.07, 6.45) is 3.16. The number of ether oxygens (including phenoxy) is 2. The van der Waals surface area contributed by atoms with E-state index in [9.17, 15) is 5.11 Å². The first-order valence-electron chi connectivity index (χ1n) is 7.03. The lowest BCUT2D eigenvalue weighted by Gasteiger charge is -2.29. The number of methoxy groups -OCH3 is 2. The molecule has 0 amide bonds. The summed E-state index contributed by atoms with van der Waals surface area (Å²) in [6, 6.07) is 11.2. The molecule has 2 atom stereocenters. The maximum Gasteiger partial charge on any atom is 0.126 e. The van der Waals surface area contributed by atoms with Crippen LogP contribution in [-0.2, 0) is 0 Å². The van der Waals surface area contributed by atoms with Crippen LogP contribution in [0.4, 0.5) is 0 Å². The Morgan fingerprint density at radius 3 is 2.36 bits per heavy atom. The highest BCUT2D eigenvalue weighted by atomic mass is 35.5. The highest BCUT2D eigenvalue weighted by molar-refractivity contribution is 6.31. The standard InChI is InChI=1S/C18H17ClO3/c1-21-15-9-10-16(22-2)17-13(15)8-7-12(18(17)20)11-5-3-4-6-14(11)19/h3-10,12,18,20H,1-2H3/t12-,18+/m1/s1. The number of aliphatic hydroxyl groups is 1. The van der Waals surface area contributed by atoms with E-state index < -0.39 is 6.10 Å². The summed E-state index contributed by atoms with van der Waals surface area (Å²) in [7, 11) is 3.21. The largest absolute Gasteiger partial charge is 0.496 e. The van der Waals surface area contributed by atoms with Crippen LogP contribution in [0.25, 0.3) is 6.08 Å². The SMILES string of the molecule is COc1ccc(OC)c2c1C=C[C@H](c1ccccc1Cl)[C@@H]2O. The van der Waals surface area contributed by atoms with Gasteiger partial charge in [-0.3, -0.25) is 0 Å². The van der Waals surface area contributed by atoms with Crippen molar-refractivity contribution >= 4 is 17.7 Å². The van der Waals surface area contributed by atoms with Gasteiger partial charge >= 0.3 is 0 Å². The van der Waals surface area contributed by atoms with Crippen molar-refractivity contribution in [2.75, 3.05) is 14.2 Å². The monoisotopic (exact) mass is 316 g/mol. The van der Waals surface area contributed by atoms with Crippen molar-refractivity contribution in [3.63, 3.8) is 0 Å². The van der Waals surface area contributed by atoms with E-state index in [0.717, 1.165) is 16.7 Å². The minimum atomic E-state index is -0.745. The molecule has 114 valence electrons. The van der Waals surface area contributed by atoms with Crippen LogP contribution in [0.1, 0.15) is 28.7 Å². The topological polar surface area (TPSA) is 38.7 Å². The summed E-state index contributed by atoms with van der Waals surface area (Å²) in [6.45, 7) is 0. The number of rotatable bonds is 3. The van der Waals surface area contributed by atoms with Crippen LogP contribution in [0, 0.1) is 0 Å². The molecule has 0 saturated carbocycles. The highest BCUT2D eigenvalue weighted by Gasteiger charge is 2.31. The summed E-state index contributed by atoms with van der Waals surface area (Å²) in [5, 5.41) is 11.5. The van der Waals surface area contributed by atoms with Gasteiger partial charge in [-0.25, -0.2) is 0 Å². The van der Waals surface area contributed by atoms with Crippen molar-refractivity contribution in [3.05, 3.63) is 64.2 Å². The molecule has 2 aromatic rings. The number of aliphatic hydroxyl groups excluding tert-OH is 1. The molecule has 0 spiro atoms. The minimum absolute atomic E-state index is 0.220. The summed E-state index contributed by atoms with van der Waals surface area (Å²) in [5.41, 5.74) is 2.47. The van der Waals surface area contributed by atoms with Gasteiger partial charge in [-0.2, -0.15) is 0 Å². The Kier molecular flexibility index (Phi) is 4.10. The fraction of sp³-hybridized carbons (Fsp3) is 0.222. The maximum atomic E-state index is 10.9. The molecule has 2 aromatic carbocycles. The van der Waals surface area contributed by atoms with E-state index in [0.29, 0.717) is 16.5 Å². The zero-order chi connectivity index (χ0) is 15.7. The normalized spacial score (nSPS) is 19.6. The van der Waals surface area contributed by atoms with Gasteiger partial charge in [0.05, 0.1) is 20.3 Å². The van der Waals surface area contributed by atoms with Crippen molar-refractivity contribution in [1.82, 2.24) is 0 Å². The Balaban J connectivity index is 2.14. The van der Waals surface area contributed by atoms with E-state index in [2.05, 4.69) is 0 Å². The fourth-order valence-electron chi connectivity index (χ4n) is 2.93. The van der Waals surface area contributed by atoms with Crippen molar-refractivity contribution in [2.45, 2.75) is 12.0 Å². The van der Waals surface area contributed by atoms with Gasteiger partial charge in [-0.1, -0.05) is 42.0 Å². The lowest BCUT2D eigenvalue weighted by Crippen LogP contribution is -2.15. The maximum absolute atomic E-state index is 10.9. The molecule has 0 aliphatic heterocycles. The second kappa shape index (κ2) is 6.03. The number of benzene rings is 2. The van der Waals surface area contributed by atoms with E-state index in [1.807, 2.05) is 48.6 Å². The zero-order valence-corrected chi connectivity index (χ0v) is 13.2. The molecule has 0 bridgehead atoms. The highest BCUT2D eigenvalue weighted by Crippen LogP contribution is 2.46. The number of fused-ring (bicyclic) bond motifs is 1. The Morgan fingerprint density at radius 1 is 1.00 bits per heavy atom. The van der Waals surface area contributed by atoms with Crippen LogP contribution in [0.5, 0.6) is 11.5 Å². The molecule has 1 aliphatic rings. The first-order valence-corrected chi connectivity index (χ1v) is 7.40. The van der Waals surface area contributed by atoms with Gasteiger partial charge in [-0.05, 0) is 23.8 Å². The summed E-state index contributed by atoms with van der Waals surface area (Å²) >= 11 is 6.28. The van der Waals surface area contributed by atoms with Gasteiger partial charge in [0.2, 0.25) is 0 Å². The van der Waals surface area contributed by atoms with Crippen LogP contribution >= 0.6 is 11.6 Å². The van der Waals surface area contributed by atoms with Crippen molar-refractivity contribution in [2.24, 2.45) is 0 Å². The molecule has 4 heteroatoms. The third-order valence-electron chi connectivity index (χ3n) is 4.02. The molecule has 1 aliphatic carbocycles. The minimum Gasteiger partial charge on any atom is -0.496 e. The van der Waals surface area contributed by atoms with Gasteiger partial charge in [0.25, 0.3) is 0 Å². The average Bonchev–Trinajstić information content (AvgIpc) is 2.55. The van der Waals surface area contributed by atoms with Gasteiger partial charge in [0.1, 0.15) is 11.5 Å². The molecule has 0 fully saturated rings. The predicted molar refractivity (Wildman–Crippen MR) is 87.7 cm³/mol. The van der Waals surface area contributed by atoms with Crippen LogP contribution in [0.2, 0.25) is 5.02 Å². The average molecular weight is 317 g/mol. The van der Waals surface area contributed by atoms with Crippen LogP contribution in [0.15, 0.2) is 42.5 Å². The van der Waals surface area contributed by atoms with Crippen LogP contribution in [-0.4, -0.2) is 19.3 Å². The number of hydrogen-bond acceptors (Lipinski definition) is 3.